The van der Waals surface area contributed by atoms with Crippen LogP contribution in [-0.4, -0.2) is 17.5 Å². The summed E-state index contributed by atoms with van der Waals surface area (Å²) < 4.78 is 10.5. The first-order valence-corrected chi connectivity index (χ1v) is 6.62. The van der Waals surface area contributed by atoms with Crippen molar-refractivity contribution >= 4 is 11.7 Å². The van der Waals surface area contributed by atoms with Crippen LogP contribution >= 0.6 is 0 Å². The smallest absolute Gasteiger partial charge is 0.348 e. The summed E-state index contributed by atoms with van der Waals surface area (Å²) in [5.74, 6) is -0.383. The summed E-state index contributed by atoms with van der Waals surface area (Å²) in [5.41, 5.74) is 0.120. The number of carbonyl (C=O) groups excluding carboxylic acids is 1. The molecular formula is C15H15NO5. The van der Waals surface area contributed by atoms with Crippen molar-refractivity contribution in [2.45, 2.75) is 20.3 Å². The highest BCUT2D eigenvalue weighted by molar-refractivity contribution is 5.98. The van der Waals surface area contributed by atoms with Crippen LogP contribution in [0.25, 0.3) is 11.3 Å². The summed E-state index contributed by atoms with van der Waals surface area (Å²) in [6.07, 6.45) is 0.363. The van der Waals surface area contributed by atoms with Gasteiger partial charge in [-0.2, -0.15) is 0 Å². The lowest BCUT2D eigenvalue weighted by Crippen LogP contribution is -2.08. The summed E-state index contributed by atoms with van der Waals surface area (Å²) in [6.45, 7) is 3.55. The lowest BCUT2D eigenvalue weighted by atomic mass is 10.1. The van der Waals surface area contributed by atoms with Gasteiger partial charge < -0.3 is 9.15 Å². The van der Waals surface area contributed by atoms with Crippen molar-refractivity contribution in [1.29, 1.82) is 0 Å². The van der Waals surface area contributed by atoms with Gasteiger partial charge in [-0.15, -0.1) is 0 Å². The molecule has 0 bridgehead atoms. The van der Waals surface area contributed by atoms with Crippen LogP contribution < -0.4 is 0 Å². The Morgan fingerprint density at radius 3 is 2.48 bits per heavy atom. The average molecular weight is 289 g/mol. The van der Waals surface area contributed by atoms with Crippen molar-refractivity contribution in [2.24, 2.45) is 0 Å². The summed E-state index contributed by atoms with van der Waals surface area (Å²) in [5, 5.41) is 11.4. The largest absolute Gasteiger partial charge is 0.462 e. The second-order valence-electron chi connectivity index (χ2n) is 4.28. The Labute approximate surface area is 121 Å². The van der Waals surface area contributed by atoms with Crippen LogP contribution in [-0.2, 0) is 11.2 Å². The lowest BCUT2D eigenvalue weighted by molar-refractivity contribution is -0.384. The van der Waals surface area contributed by atoms with E-state index >= 15 is 0 Å². The summed E-state index contributed by atoms with van der Waals surface area (Å²) in [4.78, 5) is 22.8. The zero-order valence-corrected chi connectivity index (χ0v) is 11.8. The van der Waals surface area contributed by atoms with Gasteiger partial charge in [0.05, 0.1) is 11.5 Å². The fourth-order valence-corrected chi connectivity index (χ4v) is 2.09. The molecule has 6 heteroatoms. The SMILES string of the molecule is CCOC(=O)c1c(CC)oc(-c2ccccc2)c1[N+](=O)[O-]. The number of hydrogen-bond donors (Lipinski definition) is 0. The van der Waals surface area contributed by atoms with E-state index in [-0.39, 0.29) is 29.4 Å². The van der Waals surface area contributed by atoms with Crippen LogP contribution in [0.4, 0.5) is 5.69 Å². The number of rotatable bonds is 5. The van der Waals surface area contributed by atoms with E-state index in [0.29, 0.717) is 12.0 Å². The van der Waals surface area contributed by atoms with Crippen molar-refractivity contribution in [2.75, 3.05) is 6.61 Å². The first-order valence-electron chi connectivity index (χ1n) is 6.62. The number of ether oxygens (including phenoxy) is 1. The van der Waals surface area contributed by atoms with Crippen molar-refractivity contribution in [3.05, 3.63) is 51.8 Å². The molecule has 0 amide bonds. The monoisotopic (exact) mass is 289 g/mol. The maximum atomic E-state index is 12.0. The molecular weight excluding hydrogens is 274 g/mol. The van der Waals surface area contributed by atoms with Gasteiger partial charge >= 0.3 is 11.7 Å². The van der Waals surface area contributed by atoms with Gasteiger partial charge in [0.1, 0.15) is 5.76 Å². The molecule has 0 unspecified atom stereocenters. The fourth-order valence-electron chi connectivity index (χ4n) is 2.09. The third-order valence-electron chi connectivity index (χ3n) is 2.98. The highest BCUT2D eigenvalue weighted by Crippen LogP contribution is 2.38. The van der Waals surface area contributed by atoms with Crippen molar-refractivity contribution in [1.82, 2.24) is 0 Å². The van der Waals surface area contributed by atoms with E-state index in [0.717, 1.165) is 0 Å². The Kier molecular flexibility index (Phi) is 4.37. The van der Waals surface area contributed by atoms with Crippen molar-refractivity contribution < 1.29 is 18.9 Å². The number of hydrogen-bond acceptors (Lipinski definition) is 5. The third kappa shape index (κ3) is 2.79. The van der Waals surface area contributed by atoms with Crippen LogP contribution in [0.3, 0.4) is 0 Å². The molecule has 0 aliphatic heterocycles. The van der Waals surface area contributed by atoms with Gasteiger partial charge in [-0.05, 0) is 6.92 Å². The van der Waals surface area contributed by atoms with E-state index in [2.05, 4.69) is 0 Å². The highest BCUT2D eigenvalue weighted by Gasteiger charge is 2.34. The summed E-state index contributed by atoms with van der Waals surface area (Å²) >= 11 is 0. The average Bonchev–Trinajstić information content (AvgIpc) is 2.88. The van der Waals surface area contributed by atoms with Gasteiger partial charge in [0.15, 0.2) is 5.56 Å². The van der Waals surface area contributed by atoms with E-state index in [1.54, 1.807) is 44.2 Å². The van der Waals surface area contributed by atoms with Crippen LogP contribution in [0.2, 0.25) is 0 Å². The number of esters is 1. The predicted octanol–water partition coefficient (Wildman–Crippen LogP) is 3.59. The number of furan rings is 1. The lowest BCUT2D eigenvalue weighted by Gasteiger charge is -2.00. The number of nitro groups is 1. The van der Waals surface area contributed by atoms with E-state index in [9.17, 15) is 14.9 Å². The molecule has 0 radical (unpaired) electrons. The van der Waals surface area contributed by atoms with Crippen LogP contribution in [0.1, 0.15) is 30.0 Å². The molecule has 1 aromatic heterocycles. The molecule has 6 nitrogen and oxygen atoms in total. The molecule has 0 spiro atoms. The normalized spacial score (nSPS) is 10.4. The number of benzene rings is 1. The maximum Gasteiger partial charge on any atom is 0.348 e. The molecule has 0 fully saturated rings. The Balaban J connectivity index is 2.67. The molecule has 0 atom stereocenters. The molecule has 0 saturated carbocycles. The van der Waals surface area contributed by atoms with Gasteiger partial charge in [0, 0.05) is 12.0 Å². The first-order chi connectivity index (χ1) is 10.1. The molecule has 2 aromatic rings. The van der Waals surface area contributed by atoms with Crippen molar-refractivity contribution in [3.8, 4) is 11.3 Å². The number of nitrogens with zero attached hydrogens (tertiary/aromatic N) is 1. The van der Waals surface area contributed by atoms with Crippen LogP contribution in [0.15, 0.2) is 34.7 Å². The molecule has 2 rings (SSSR count). The second kappa shape index (κ2) is 6.21. The van der Waals surface area contributed by atoms with Gasteiger partial charge in [-0.3, -0.25) is 10.1 Å². The fraction of sp³-hybridized carbons (Fsp3) is 0.267. The number of aryl methyl sites for hydroxylation is 1. The molecule has 1 aromatic carbocycles. The number of carbonyl (C=O) groups is 1. The molecule has 0 aliphatic carbocycles. The van der Waals surface area contributed by atoms with E-state index in [1.165, 1.54) is 0 Å². The molecule has 0 saturated heterocycles. The van der Waals surface area contributed by atoms with Gasteiger partial charge in [-0.25, -0.2) is 4.79 Å². The summed E-state index contributed by atoms with van der Waals surface area (Å²) in [7, 11) is 0. The molecule has 0 aliphatic rings. The van der Waals surface area contributed by atoms with Gasteiger partial charge in [-0.1, -0.05) is 37.3 Å². The molecule has 1 heterocycles. The Morgan fingerprint density at radius 1 is 1.29 bits per heavy atom. The van der Waals surface area contributed by atoms with E-state index in [1.807, 2.05) is 0 Å². The van der Waals surface area contributed by atoms with E-state index in [4.69, 9.17) is 9.15 Å². The molecule has 110 valence electrons. The molecule has 0 N–H and O–H groups in total. The Bertz CT molecular complexity index is 660. The minimum atomic E-state index is -0.730. The highest BCUT2D eigenvalue weighted by atomic mass is 16.6. The summed E-state index contributed by atoms with van der Waals surface area (Å²) in [6, 6.07) is 8.68. The standard InChI is InChI=1S/C15H15NO5/c1-3-11-12(15(17)20-4-2)13(16(18)19)14(21-11)10-8-6-5-7-9-10/h5-9H,3-4H2,1-2H3. The van der Waals surface area contributed by atoms with Gasteiger partial charge in [0.2, 0.25) is 5.76 Å². The van der Waals surface area contributed by atoms with Crippen molar-refractivity contribution in [3.63, 3.8) is 0 Å². The first kappa shape index (κ1) is 14.8. The topological polar surface area (TPSA) is 82.6 Å². The predicted molar refractivity (Wildman–Crippen MR) is 76.1 cm³/mol. The minimum absolute atomic E-state index is 0.0838. The second-order valence-corrected chi connectivity index (χ2v) is 4.28. The van der Waals surface area contributed by atoms with Gasteiger partial charge in [0.25, 0.3) is 0 Å². The zero-order valence-electron chi connectivity index (χ0n) is 11.8. The van der Waals surface area contributed by atoms with Crippen LogP contribution in [0.5, 0.6) is 0 Å². The maximum absolute atomic E-state index is 12.0. The Hall–Kier alpha value is -2.63. The quantitative estimate of drug-likeness (QED) is 0.477. The third-order valence-corrected chi connectivity index (χ3v) is 2.98. The Morgan fingerprint density at radius 2 is 1.95 bits per heavy atom. The van der Waals surface area contributed by atoms with Crippen LogP contribution in [0, 0.1) is 10.1 Å². The molecule has 21 heavy (non-hydrogen) atoms. The zero-order chi connectivity index (χ0) is 15.4. The minimum Gasteiger partial charge on any atom is -0.462 e. The van der Waals surface area contributed by atoms with E-state index < -0.39 is 10.9 Å².